The molecule has 3 aromatic rings. The van der Waals surface area contributed by atoms with E-state index < -0.39 is 0 Å². The summed E-state index contributed by atoms with van der Waals surface area (Å²) in [5.41, 5.74) is 10.3. The maximum Gasteiger partial charge on any atom is 0.136 e. The number of nitrogens with zero attached hydrogens (tertiary/aromatic N) is 3. The monoisotopic (exact) mass is 268 g/mol. The largest absolute Gasteiger partial charge is 0.399 e. The zero-order valence-electron chi connectivity index (χ0n) is 11.2. The van der Waals surface area contributed by atoms with Crippen molar-refractivity contribution in [2.24, 2.45) is 0 Å². The smallest absolute Gasteiger partial charge is 0.136 e. The Morgan fingerprint density at radius 2 is 2.15 bits per heavy atom. The Balaban J connectivity index is 2.12. The summed E-state index contributed by atoms with van der Waals surface area (Å²) in [6, 6.07) is 9.52. The minimum absolute atomic E-state index is 0.111. The molecule has 2 heterocycles. The summed E-state index contributed by atoms with van der Waals surface area (Å²) >= 11 is 0. The van der Waals surface area contributed by atoms with Gasteiger partial charge in [0.15, 0.2) is 0 Å². The Kier molecular flexibility index (Phi) is 3.12. The molecule has 102 valence electrons. The van der Waals surface area contributed by atoms with E-state index in [1.54, 1.807) is 6.20 Å². The second kappa shape index (κ2) is 4.94. The van der Waals surface area contributed by atoms with Crippen LogP contribution in [0.2, 0.25) is 0 Å². The van der Waals surface area contributed by atoms with Crippen molar-refractivity contribution in [3.63, 3.8) is 0 Å². The average molecular weight is 268 g/mol. The molecule has 0 aliphatic heterocycles. The van der Waals surface area contributed by atoms with Crippen molar-refractivity contribution >= 4 is 16.7 Å². The lowest BCUT2D eigenvalue weighted by Crippen LogP contribution is -2.07. The van der Waals surface area contributed by atoms with Crippen molar-refractivity contribution in [2.45, 2.75) is 20.1 Å². The summed E-state index contributed by atoms with van der Waals surface area (Å²) < 4.78 is 1.98. The van der Waals surface area contributed by atoms with E-state index in [9.17, 15) is 5.11 Å². The number of benzene rings is 1. The zero-order chi connectivity index (χ0) is 14.1. The van der Waals surface area contributed by atoms with Crippen LogP contribution in [0.25, 0.3) is 11.0 Å². The van der Waals surface area contributed by atoms with Gasteiger partial charge in [-0.1, -0.05) is 6.07 Å². The first kappa shape index (κ1) is 12.6. The molecule has 0 radical (unpaired) electrons. The fourth-order valence-corrected chi connectivity index (χ4v) is 2.33. The maximum absolute atomic E-state index is 9.50. The van der Waals surface area contributed by atoms with E-state index in [-0.39, 0.29) is 6.61 Å². The molecule has 0 aliphatic carbocycles. The highest BCUT2D eigenvalue weighted by Crippen LogP contribution is 2.20. The van der Waals surface area contributed by atoms with Gasteiger partial charge >= 0.3 is 0 Å². The lowest BCUT2D eigenvalue weighted by molar-refractivity contribution is 0.267. The molecule has 5 nitrogen and oxygen atoms in total. The molecule has 0 unspecified atom stereocenters. The fraction of sp³-hybridized carbons (Fsp3) is 0.200. The minimum Gasteiger partial charge on any atom is -0.399 e. The lowest BCUT2D eigenvalue weighted by Gasteiger charge is -2.09. The minimum atomic E-state index is -0.111. The molecule has 0 spiro atoms. The summed E-state index contributed by atoms with van der Waals surface area (Å²) in [6.45, 7) is 2.50. The summed E-state index contributed by atoms with van der Waals surface area (Å²) in [5, 5.41) is 9.50. The highest BCUT2D eigenvalue weighted by atomic mass is 16.3. The van der Waals surface area contributed by atoms with Gasteiger partial charge in [-0.3, -0.25) is 4.98 Å². The zero-order valence-corrected chi connectivity index (χ0v) is 11.2. The van der Waals surface area contributed by atoms with Crippen LogP contribution in [-0.4, -0.2) is 19.6 Å². The van der Waals surface area contributed by atoms with Crippen LogP contribution in [0.5, 0.6) is 0 Å². The molecule has 20 heavy (non-hydrogen) atoms. The Morgan fingerprint density at radius 1 is 1.30 bits per heavy atom. The van der Waals surface area contributed by atoms with Crippen molar-refractivity contribution in [1.82, 2.24) is 14.5 Å². The predicted octanol–water partition coefficient (Wildman–Crippen LogP) is 1.86. The molecule has 2 aromatic heterocycles. The molecule has 0 saturated carbocycles. The van der Waals surface area contributed by atoms with Crippen LogP contribution in [0.1, 0.15) is 17.1 Å². The van der Waals surface area contributed by atoms with Crippen molar-refractivity contribution < 1.29 is 5.11 Å². The van der Waals surface area contributed by atoms with E-state index in [2.05, 4.69) is 9.97 Å². The number of nitrogens with two attached hydrogens (primary N) is 1. The molecule has 0 saturated heterocycles. The van der Waals surface area contributed by atoms with E-state index >= 15 is 0 Å². The molecule has 0 bridgehead atoms. The molecule has 0 atom stereocenters. The van der Waals surface area contributed by atoms with Crippen LogP contribution in [-0.2, 0) is 13.2 Å². The van der Waals surface area contributed by atoms with Crippen LogP contribution in [0.15, 0.2) is 36.5 Å². The van der Waals surface area contributed by atoms with Crippen LogP contribution in [0, 0.1) is 6.92 Å². The van der Waals surface area contributed by atoms with Crippen molar-refractivity contribution in [3.05, 3.63) is 53.6 Å². The van der Waals surface area contributed by atoms with Crippen LogP contribution in [0.4, 0.5) is 5.69 Å². The van der Waals surface area contributed by atoms with Gasteiger partial charge < -0.3 is 15.4 Å². The van der Waals surface area contributed by atoms with Crippen LogP contribution in [0.3, 0.4) is 0 Å². The third-order valence-electron chi connectivity index (χ3n) is 3.42. The lowest BCUT2D eigenvalue weighted by atomic mass is 10.2. The first-order chi connectivity index (χ1) is 9.69. The average Bonchev–Trinajstić information content (AvgIpc) is 2.78. The number of fused-ring (bicyclic) bond motifs is 1. The summed E-state index contributed by atoms with van der Waals surface area (Å²) in [4.78, 5) is 8.82. The van der Waals surface area contributed by atoms with Crippen molar-refractivity contribution in [1.29, 1.82) is 0 Å². The Morgan fingerprint density at radius 3 is 2.90 bits per heavy atom. The third-order valence-corrected chi connectivity index (χ3v) is 3.42. The van der Waals surface area contributed by atoms with Crippen LogP contribution < -0.4 is 5.73 Å². The molecule has 0 fully saturated rings. The Labute approximate surface area is 116 Å². The SMILES string of the molecule is Cc1cccnc1Cn1c(CO)nc2cc(N)ccc21. The second-order valence-corrected chi connectivity index (χ2v) is 4.79. The van der Waals surface area contributed by atoms with Gasteiger partial charge in [-0.15, -0.1) is 0 Å². The van der Waals surface area contributed by atoms with Crippen LogP contribution >= 0.6 is 0 Å². The first-order valence-electron chi connectivity index (χ1n) is 6.45. The normalized spacial score (nSPS) is 11.1. The number of anilines is 1. The van der Waals surface area contributed by atoms with Crippen molar-refractivity contribution in [2.75, 3.05) is 5.73 Å². The number of aromatic nitrogens is 3. The van der Waals surface area contributed by atoms with E-state index in [0.717, 1.165) is 22.3 Å². The summed E-state index contributed by atoms with van der Waals surface area (Å²) in [7, 11) is 0. The Hall–Kier alpha value is -2.40. The number of aliphatic hydroxyl groups is 1. The molecular formula is C15H16N4O. The highest BCUT2D eigenvalue weighted by molar-refractivity contribution is 5.79. The predicted molar refractivity (Wildman–Crippen MR) is 78.1 cm³/mol. The number of rotatable bonds is 3. The van der Waals surface area contributed by atoms with Gasteiger partial charge in [0.2, 0.25) is 0 Å². The molecule has 0 aliphatic rings. The summed E-state index contributed by atoms with van der Waals surface area (Å²) in [5.74, 6) is 0.621. The third kappa shape index (κ3) is 2.12. The topological polar surface area (TPSA) is 77.0 Å². The van der Waals surface area contributed by atoms with Gasteiger partial charge in [0.1, 0.15) is 12.4 Å². The number of aliphatic hydroxyl groups excluding tert-OH is 1. The van der Waals surface area contributed by atoms with Crippen molar-refractivity contribution in [3.8, 4) is 0 Å². The standard InChI is InChI=1S/C15H16N4O/c1-10-3-2-6-17-13(10)8-19-14-5-4-11(16)7-12(14)18-15(19)9-20/h2-7,20H,8-9,16H2,1H3. The molecule has 0 amide bonds. The number of hydrogen-bond acceptors (Lipinski definition) is 4. The van der Waals surface area contributed by atoms with Gasteiger partial charge in [0, 0.05) is 11.9 Å². The molecule has 5 heteroatoms. The van der Waals surface area contributed by atoms with Gasteiger partial charge in [0.05, 0.1) is 23.3 Å². The maximum atomic E-state index is 9.50. The fourth-order valence-electron chi connectivity index (χ4n) is 2.33. The number of imidazole rings is 1. The summed E-state index contributed by atoms with van der Waals surface area (Å²) in [6.07, 6.45) is 1.78. The van der Waals surface area contributed by atoms with Gasteiger partial charge in [0.25, 0.3) is 0 Å². The Bertz CT molecular complexity index is 764. The second-order valence-electron chi connectivity index (χ2n) is 4.79. The van der Waals surface area contributed by atoms with E-state index in [1.165, 1.54) is 0 Å². The molecule has 3 rings (SSSR count). The molecule has 3 N–H and O–H groups in total. The molecule has 1 aromatic carbocycles. The number of nitrogen functional groups attached to an aromatic ring is 1. The highest BCUT2D eigenvalue weighted by Gasteiger charge is 2.12. The van der Waals surface area contributed by atoms with Gasteiger partial charge in [-0.25, -0.2) is 4.98 Å². The number of pyridine rings is 1. The first-order valence-corrected chi connectivity index (χ1v) is 6.45. The number of aryl methyl sites for hydroxylation is 1. The number of hydrogen-bond donors (Lipinski definition) is 2. The van der Waals surface area contributed by atoms with E-state index in [0.29, 0.717) is 18.1 Å². The quantitative estimate of drug-likeness (QED) is 0.711. The van der Waals surface area contributed by atoms with E-state index in [4.69, 9.17) is 5.73 Å². The molecular weight excluding hydrogens is 252 g/mol. The van der Waals surface area contributed by atoms with Gasteiger partial charge in [-0.05, 0) is 36.8 Å². The van der Waals surface area contributed by atoms with E-state index in [1.807, 2.05) is 41.8 Å². The van der Waals surface area contributed by atoms with Gasteiger partial charge in [-0.2, -0.15) is 0 Å².